The summed E-state index contributed by atoms with van der Waals surface area (Å²) in [7, 11) is 0. The van der Waals surface area contributed by atoms with Crippen molar-refractivity contribution in [2.75, 3.05) is 0 Å². The van der Waals surface area contributed by atoms with Crippen LogP contribution in [0.25, 0.3) is 21.0 Å². The van der Waals surface area contributed by atoms with Crippen LogP contribution in [0.5, 0.6) is 0 Å². The van der Waals surface area contributed by atoms with Gasteiger partial charge in [-0.1, -0.05) is 0 Å². The summed E-state index contributed by atoms with van der Waals surface area (Å²) in [5.41, 5.74) is 3.61. The van der Waals surface area contributed by atoms with E-state index in [0.29, 0.717) is 5.69 Å². The molecule has 0 amide bonds. The number of halogens is 1. The van der Waals surface area contributed by atoms with Gasteiger partial charge < -0.3 is 0 Å². The van der Waals surface area contributed by atoms with Crippen molar-refractivity contribution in [1.29, 1.82) is 0 Å². The van der Waals surface area contributed by atoms with Gasteiger partial charge >= 0.3 is 0 Å². The van der Waals surface area contributed by atoms with E-state index in [9.17, 15) is 4.39 Å². The van der Waals surface area contributed by atoms with Crippen LogP contribution in [0.15, 0.2) is 35.2 Å². The summed E-state index contributed by atoms with van der Waals surface area (Å²) in [6.45, 7) is 4.04. The first kappa shape index (κ1) is 12.5. The van der Waals surface area contributed by atoms with Crippen LogP contribution in [-0.4, -0.2) is 4.98 Å². The largest absolute Gasteiger partial charge is 0.252 e. The predicted molar refractivity (Wildman–Crippen MR) is 80.3 cm³/mol. The third-order valence-corrected chi connectivity index (χ3v) is 4.97. The number of rotatable bonds is 2. The lowest BCUT2D eigenvalue weighted by Gasteiger charge is -2.02. The third-order valence-electron chi connectivity index (χ3n) is 2.82. The highest BCUT2D eigenvalue weighted by Gasteiger charge is 2.11. The Bertz CT molecular complexity index is 727. The van der Waals surface area contributed by atoms with Crippen molar-refractivity contribution in [3.8, 4) is 21.0 Å². The Kier molecular flexibility index (Phi) is 3.21. The molecule has 0 atom stereocenters. The van der Waals surface area contributed by atoms with E-state index < -0.39 is 0 Å². The zero-order chi connectivity index (χ0) is 13.4. The van der Waals surface area contributed by atoms with Crippen molar-refractivity contribution in [3.63, 3.8) is 0 Å². The maximum Gasteiger partial charge on any atom is 0.150 e. The summed E-state index contributed by atoms with van der Waals surface area (Å²) in [6, 6.07) is 5.59. The van der Waals surface area contributed by atoms with Crippen LogP contribution < -0.4 is 0 Å². The number of nitrogens with zero attached hydrogens (tertiary/aromatic N) is 1. The fourth-order valence-corrected chi connectivity index (χ4v) is 3.67. The molecule has 3 heterocycles. The number of aryl methyl sites for hydroxylation is 2. The molecule has 0 fully saturated rings. The molecule has 1 nitrogen and oxygen atoms in total. The molecule has 96 valence electrons. The molecular weight excluding hydrogens is 277 g/mol. The highest BCUT2D eigenvalue weighted by molar-refractivity contribution is 7.14. The normalized spacial score (nSPS) is 10.9. The van der Waals surface area contributed by atoms with E-state index in [1.54, 1.807) is 23.6 Å². The highest BCUT2D eigenvalue weighted by Crippen LogP contribution is 2.32. The van der Waals surface area contributed by atoms with Gasteiger partial charge in [0.05, 0.1) is 4.88 Å². The van der Waals surface area contributed by atoms with Crippen molar-refractivity contribution in [1.82, 2.24) is 4.98 Å². The number of aromatic nitrogens is 1. The third kappa shape index (κ3) is 2.46. The van der Waals surface area contributed by atoms with Gasteiger partial charge in [0.25, 0.3) is 0 Å². The molecule has 19 heavy (non-hydrogen) atoms. The molecule has 0 bridgehead atoms. The van der Waals surface area contributed by atoms with Crippen LogP contribution in [0, 0.1) is 19.7 Å². The molecule has 0 saturated heterocycles. The Morgan fingerprint density at radius 3 is 2.11 bits per heavy atom. The molecule has 0 radical (unpaired) electrons. The van der Waals surface area contributed by atoms with Crippen molar-refractivity contribution >= 4 is 22.7 Å². The Balaban J connectivity index is 2.03. The SMILES string of the molecule is Cc1csc(-c2cnc(-c3cc(C)cs3)c(F)c2)c1. The van der Waals surface area contributed by atoms with Gasteiger partial charge in [0.1, 0.15) is 5.69 Å². The Hall–Kier alpha value is -1.52. The molecule has 0 aromatic carbocycles. The van der Waals surface area contributed by atoms with E-state index in [2.05, 4.69) is 16.4 Å². The molecule has 0 aliphatic carbocycles. The zero-order valence-electron chi connectivity index (χ0n) is 10.6. The molecule has 3 aromatic heterocycles. The first-order valence-corrected chi connectivity index (χ1v) is 7.66. The number of pyridine rings is 1. The topological polar surface area (TPSA) is 12.9 Å². The minimum atomic E-state index is -0.259. The summed E-state index contributed by atoms with van der Waals surface area (Å²) in [4.78, 5) is 6.22. The Morgan fingerprint density at radius 1 is 0.947 bits per heavy atom. The fraction of sp³-hybridized carbons (Fsp3) is 0.133. The van der Waals surface area contributed by atoms with Crippen LogP contribution in [-0.2, 0) is 0 Å². The van der Waals surface area contributed by atoms with Crippen LogP contribution in [0.4, 0.5) is 4.39 Å². The van der Waals surface area contributed by atoms with E-state index in [1.807, 2.05) is 25.3 Å². The van der Waals surface area contributed by atoms with Gasteiger partial charge in [-0.15, -0.1) is 22.7 Å². The van der Waals surface area contributed by atoms with Gasteiger partial charge in [-0.25, -0.2) is 4.39 Å². The molecule has 0 aliphatic heterocycles. The van der Waals surface area contributed by atoms with E-state index in [0.717, 1.165) is 20.9 Å². The van der Waals surface area contributed by atoms with Crippen molar-refractivity contribution < 1.29 is 4.39 Å². The van der Waals surface area contributed by atoms with E-state index in [4.69, 9.17) is 0 Å². The maximum absolute atomic E-state index is 14.2. The lowest BCUT2D eigenvalue weighted by atomic mass is 10.2. The summed E-state index contributed by atoms with van der Waals surface area (Å²) in [5.74, 6) is -0.259. The highest BCUT2D eigenvalue weighted by atomic mass is 32.1. The van der Waals surface area contributed by atoms with Crippen molar-refractivity contribution in [2.45, 2.75) is 13.8 Å². The van der Waals surface area contributed by atoms with Crippen LogP contribution >= 0.6 is 22.7 Å². The first-order valence-electron chi connectivity index (χ1n) is 5.90. The molecule has 0 N–H and O–H groups in total. The standard InChI is InChI=1S/C15H12FNS2/c1-9-3-13(18-7-9)11-5-12(16)15(17-6-11)14-4-10(2)8-19-14/h3-8H,1-2H3. The number of thiophene rings is 2. The van der Waals surface area contributed by atoms with Gasteiger partial charge in [-0.2, -0.15) is 0 Å². The molecular formula is C15H12FNS2. The zero-order valence-corrected chi connectivity index (χ0v) is 12.2. The summed E-state index contributed by atoms with van der Waals surface area (Å²) in [5, 5.41) is 4.07. The first-order chi connectivity index (χ1) is 9.13. The molecule has 0 unspecified atom stereocenters. The smallest absolute Gasteiger partial charge is 0.150 e. The molecule has 3 rings (SSSR count). The second-order valence-corrected chi connectivity index (χ2v) is 6.35. The average molecular weight is 289 g/mol. The molecule has 3 aromatic rings. The molecule has 0 saturated carbocycles. The van der Waals surface area contributed by atoms with Crippen LogP contribution in [0.2, 0.25) is 0 Å². The maximum atomic E-state index is 14.2. The van der Waals surface area contributed by atoms with Gasteiger partial charge in [-0.3, -0.25) is 4.98 Å². The van der Waals surface area contributed by atoms with E-state index in [1.165, 1.54) is 16.9 Å². The minimum absolute atomic E-state index is 0.259. The molecule has 4 heteroatoms. The Labute approximate surface area is 119 Å². The van der Waals surface area contributed by atoms with Gasteiger partial charge in [0.2, 0.25) is 0 Å². The van der Waals surface area contributed by atoms with Crippen molar-refractivity contribution in [3.05, 3.63) is 52.1 Å². The minimum Gasteiger partial charge on any atom is -0.252 e. The van der Waals surface area contributed by atoms with Gasteiger partial charge in [-0.05, 0) is 53.9 Å². The lowest BCUT2D eigenvalue weighted by molar-refractivity contribution is 0.627. The quantitative estimate of drug-likeness (QED) is 0.624. The summed E-state index contributed by atoms with van der Waals surface area (Å²) in [6.07, 6.45) is 1.75. The van der Waals surface area contributed by atoms with Crippen molar-refractivity contribution in [2.24, 2.45) is 0 Å². The van der Waals surface area contributed by atoms with Gasteiger partial charge in [0.15, 0.2) is 5.82 Å². The monoisotopic (exact) mass is 289 g/mol. The summed E-state index contributed by atoms with van der Waals surface area (Å²) < 4.78 is 14.2. The van der Waals surface area contributed by atoms with E-state index >= 15 is 0 Å². The van der Waals surface area contributed by atoms with Crippen LogP contribution in [0.1, 0.15) is 11.1 Å². The fourth-order valence-electron chi connectivity index (χ4n) is 1.89. The second kappa shape index (κ2) is 4.87. The molecule has 0 spiro atoms. The number of hydrogen-bond acceptors (Lipinski definition) is 3. The predicted octanol–water partition coefficient (Wildman–Crippen LogP) is 5.29. The lowest BCUT2D eigenvalue weighted by Crippen LogP contribution is -1.88. The van der Waals surface area contributed by atoms with Crippen LogP contribution in [0.3, 0.4) is 0 Å². The summed E-state index contributed by atoms with van der Waals surface area (Å²) >= 11 is 3.14. The number of hydrogen-bond donors (Lipinski definition) is 0. The van der Waals surface area contributed by atoms with E-state index in [-0.39, 0.29) is 5.82 Å². The average Bonchev–Trinajstić information content (AvgIpc) is 2.98. The molecule has 0 aliphatic rings. The Morgan fingerprint density at radius 2 is 1.58 bits per heavy atom. The van der Waals surface area contributed by atoms with Gasteiger partial charge in [0, 0.05) is 16.6 Å². The second-order valence-electron chi connectivity index (χ2n) is 4.53.